The Bertz CT molecular complexity index is 1040. The average molecular weight is 487 g/mol. The van der Waals surface area contributed by atoms with Crippen LogP contribution in [-0.4, -0.2) is 79.4 Å². The molecule has 5 rings (SSSR count). The number of urea groups is 1. The fourth-order valence-electron chi connectivity index (χ4n) is 6.63. The Morgan fingerprint density at radius 3 is 2.71 bits per heavy atom. The molecule has 1 aromatic carbocycles. The predicted molar refractivity (Wildman–Crippen MR) is 132 cm³/mol. The average Bonchev–Trinajstić information content (AvgIpc) is 2.74. The number of carbonyl (C=O) groups excluding carboxylic acids is 1. The number of aryl methyl sites for hydroxylation is 1. The summed E-state index contributed by atoms with van der Waals surface area (Å²) in [5, 5.41) is 3.39. The minimum absolute atomic E-state index is 0.135. The smallest absolute Gasteiger partial charge is 0.320 e. The van der Waals surface area contributed by atoms with Crippen LogP contribution in [0.15, 0.2) is 35.5 Å². The second-order valence-electron chi connectivity index (χ2n) is 11.2. The van der Waals surface area contributed by atoms with Gasteiger partial charge in [-0.05, 0) is 49.7 Å². The van der Waals surface area contributed by atoms with Crippen LogP contribution < -0.4 is 5.32 Å². The molecule has 0 bridgehead atoms. The minimum Gasteiger partial charge on any atom is -0.380 e. The standard InChI is InChI=1S/C27H36F2N4O2/c1-17-9-19(5-6-21(17)24(30-4)26(3,28)29)10-20-11-27(12-20)15-33(16-27)25(34)32-8-7-23-22(13-32)31-18(2)14-35-23/h5-6,9,20,22-23,31H,2,7-8,10-16H2,1,3-4H3/t22-,23+/m1/s1. The van der Waals surface area contributed by atoms with E-state index in [1.807, 2.05) is 28.9 Å². The normalized spacial score (nSPS) is 26.7. The van der Waals surface area contributed by atoms with Crippen LogP contribution in [-0.2, 0) is 11.2 Å². The number of fused-ring (bicyclic) bond motifs is 1. The van der Waals surface area contributed by atoms with Crippen molar-refractivity contribution in [2.24, 2.45) is 16.3 Å². The van der Waals surface area contributed by atoms with Crippen LogP contribution in [0.25, 0.3) is 0 Å². The van der Waals surface area contributed by atoms with Crippen molar-refractivity contribution >= 4 is 11.7 Å². The number of morpholine rings is 1. The lowest BCUT2D eigenvalue weighted by molar-refractivity contribution is -0.0814. The molecule has 1 saturated carbocycles. The van der Waals surface area contributed by atoms with Crippen molar-refractivity contribution in [1.82, 2.24) is 15.1 Å². The van der Waals surface area contributed by atoms with Gasteiger partial charge in [-0.1, -0.05) is 24.8 Å². The number of halogens is 2. The maximum absolute atomic E-state index is 13.9. The van der Waals surface area contributed by atoms with E-state index >= 15 is 0 Å². The van der Waals surface area contributed by atoms with Crippen LogP contribution >= 0.6 is 0 Å². The number of likely N-dealkylation sites (tertiary alicyclic amines) is 2. The van der Waals surface area contributed by atoms with Crippen molar-refractivity contribution in [1.29, 1.82) is 0 Å². The lowest BCUT2D eigenvalue weighted by Gasteiger charge is -2.60. The summed E-state index contributed by atoms with van der Waals surface area (Å²) in [5.74, 6) is -2.38. The van der Waals surface area contributed by atoms with E-state index in [0.717, 1.165) is 63.5 Å². The third-order valence-electron chi connectivity index (χ3n) is 8.16. The van der Waals surface area contributed by atoms with E-state index in [2.05, 4.69) is 16.9 Å². The lowest BCUT2D eigenvalue weighted by Crippen LogP contribution is -2.68. The molecular weight excluding hydrogens is 450 g/mol. The van der Waals surface area contributed by atoms with Gasteiger partial charge >= 0.3 is 6.03 Å². The van der Waals surface area contributed by atoms with Crippen LogP contribution in [0.4, 0.5) is 13.6 Å². The highest BCUT2D eigenvalue weighted by Gasteiger charge is 2.54. The zero-order valence-corrected chi connectivity index (χ0v) is 20.9. The molecule has 4 aliphatic rings. The Morgan fingerprint density at radius 1 is 1.31 bits per heavy atom. The lowest BCUT2D eigenvalue weighted by atomic mass is 9.56. The first-order valence-corrected chi connectivity index (χ1v) is 12.6. The molecule has 4 fully saturated rings. The maximum Gasteiger partial charge on any atom is 0.320 e. The Balaban J connectivity index is 1.10. The van der Waals surface area contributed by atoms with E-state index in [4.69, 9.17) is 4.74 Å². The van der Waals surface area contributed by atoms with Crippen molar-refractivity contribution in [3.8, 4) is 0 Å². The summed E-state index contributed by atoms with van der Waals surface area (Å²) in [6.45, 7) is 10.4. The number of piperidine rings is 1. The SMILES string of the molecule is C=C1CO[C@H]2CCN(C(=O)N3CC4(CC(Cc5ccc(C(=NC)C(C)(F)F)c(C)c5)C4)C3)C[C@H]2N1. The summed E-state index contributed by atoms with van der Waals surface area (Å²) in [6, 6.07) is 6.04. The number of hydrogen-bond donors (Lipinski definition) is 1. The molecule has 3 aliphatic heterocycles. The third-order valence-corrected chi connectivity index (χ3v) is 8.16. The van der Waals surface area contributed by atoms with Crippen molar-refractivity contribution in [3.63, 3.8) is 0 Å². The van der Waals surface area contributed by atoms with Gasteiger partial charge in [-0.3, -0.25) is 4.99 Å². The molecule has 1 aliphatic carbocycles. The first-order chi connectivity index (χ1) is 16.6. The first-order valence-electron chi connectivity index (χ1n) is 12.6. The van der Waals surface area contributed by atoms with Crippen LogP contribution in [0, 0.1) is 18.3 Å². The Morgan fingerprint density at radius 2 is 2.06 bits per heavy atom. The highest BCUT2D eigenvalue weighted by atomic mass is 19.3. The van der Waals surface area contributed by atoms with Crippen LogP contribution in [0.3, 0.4) is 0 Å². The van der Waals surface area contributed by atoms with Gasteiger partial charge in [-0.15, -0.1) is 0 Å². The maximum atomic E-state index is 13.9. The molecule has 3 heterocycles. The molecule has 0 unspecified atom stereocenters. The number of benzene rings is 1. The predicted octanol–water partition coefficient (Wildman–Crippen LogP) is 4.02. The fourth-order valence-corrected chi connectivity index (χ4v) is 6.63. The molecule has 2 atom stereocenters. The van der Waals surface area contributed by atoms with Gasteiger partial charge < -0.3 is 19.9 Å². The highest BCUT2D eigenvalue weighted by molar-refractivity contribution is 6.06. The molecule has 0 radical (unpaired) electrons. The van der Waals surface area contributed by atoms with Gasteiger partial charge in [0.15, 0.2) is 0 Å². The number of nitrogens with zero attached hydrogens (tertiary/aromatic N) is 3. The van der Waals surface area contributed by atoms with E-state index in [0.29, 0.717) is 24.6 Å². The molecule has 0 aromatic heterocycles. The quantitative estimate of drug-likeness (QED) is 0.654. The zero-order chi connectivity index (χ0) is 25.0. The van der Waals surface area contributed by atoms with Gasteiger partial charge in [0, 0.05) is 56.8 Å². The van der Waals surface area contributed by atoms with Gasteiger partial charge in [0.1, 0.15) is 5.71 Å². The van der Waals surface area contributed by atoms with E-state index in [-0.39, 0.29) is 29.3 Å². The van der Waals surface area contributed by atoms with Crippen LogP contribution in [0.1, 0.15) is 42.9 Å². The number of aliphatic imine (C=N–C) groups is 1. The molecule has 2 amide bonds. The van der Waals surface area contributed by atoms with Gasteiger partial charge in [-0.25, -0.2) is 4.79 Å². The van der Waals surface area contributed by atoms with Gasteiger partial charge in [0.05, 0.1) is 18.8 Å². The third kappa shape index (κ3) is 4.69. The summed E-state index contributed by atoms with van der Waals surface area (Å²) in [5.41, 5.74) is 3.52. The van der Waals surface area contributed by atoms with Crippen LogP contribution in [0.2, 0.25) is 0 Å². The van der Waals surface area contributed by atoms with Gasteiger partial charge in [0.2, 0.25) is 0 Å². The molecule has 190 valence electrons. The number of rotatable bonds is 4. The second-order valence-corrected chi connectivity index (χ2v) is 11.2. The van der Waals surface area contributed by atoms with Crippen molar-refractivity contribution in [3.05, 3.63) is 47.2 Å². The number of nitrogens with one attached hydrogen (secondary N) is 1. The van der Waals surface area contributed by atoms with Crippen molar-refractivity contribution in [2.75, 3.05) is 39.8 Å². The highest BCUT2D eigenvalue weighted by Crippen LogP contribution is 2.53. The number of carbonyl (C=O) groups is 1. The Labute approximate surface area is 206 Å². The number of ether oxygens (including phenoxy) is 1. The molecule has 35 heavy (non-hydrogen) atoms. The fraction of sp³-hybridized carbons (Fsp3) is 0.630. The van der Waals surface area contributed by atoms with Crippen molar-refractivity contribution < 1.29 is 18.3 Å². The summed E-state index contributed by atoms with van der Waals surface area (Å²) in [7, 11) is 1.42. The van der Waals surface area contributed by atoms with E-state index in [9.17, 15) is 13.6 Å². The second kappa shape index (κ2) is 8.87. The zero-order valence-electron chi connectivity index (χ0n) is 20.9. The number of amides is 2. The van der Waals surface area contributed by atoms with Gasteiger partial charge in [-0.2, -0.15) is 8.78 Å². The van der Waals surface area contributed by atoms with E-state index < -0.39 is 5.92 Å². The molecule has 1 N–H and O–H groups in total. The monoisotopic (exact) mass is 486 g/mol. The van der Waals surface area contributed by atoms with Crippen molar-refractivity contribution in [2.45, 2.75) is 57.6 Å². The summed E-state index contributed by atoms with van der Waals surface area (Å²) in [6.07, 6.45) is 4.20. The molecule has 6 nitrogen and oxygen atoms in total. The van der Waals surface area contributed by atoms with E-state index in [1.165, 1.54) is 12.6 Å². The number of alkyl halides is 2. The number of hydrogen-bond acceptors (Lipinski definition) is 4. The summed E-state index contributed by atoms with van der Waals surface area (Å²) in [4.78, 5) is 20.8. The van der Waals surface area contributed by atoms with E-state index in [1.54, 1.807) is 6.07 Å². The minimum atomic E-state index is -2.96. The Kier molecular flexibility index (Phi) is 6.14. The topological polar surface area (TPSA) is 57.2 Å². The Hall–Kier alpha value is -2.48. The molecule has 3 saturated heterocycles. The summed E-state index contributed by atoms with van der Waals surface area (Å²) < 4.78 is 33.6. The molecule has 1 spiro atoms. The molecule has 8 heteroatoms. The van der Waals surface area contributed by atoms with Crippen LogP contribution in [0.5, 0.6) is 0 Å². The summed E-state index contributed by atoms with van der Waals surface area (Å²) >= 11 is 0. The molecular formula is C27H36F2N4O2. The molecule has 1 aromatic rings. The largest absolute Gasteiger partial charge is 0.380 e. The van der Waals surface area contributed by atoms with Gasteiger partial charge in [0.25, 0.3) is 5.92 Å². The first kappa shape index (κ1) is 24.2.